The molecule has 7 nitrogen and oxygen atoms in total. The van der Waals surface area contributed by atoms with Crippen LogP contribution in [0.4, 0.5) is 5.69 Å². The van der Waals surface area contributed by atoms with Gasteiger partial charge in [-0.3, -0.25) is 14.9 Å². The van der Waals surface area contributed by atoms with Crippen LogP contribution < -0.4 is 10.5 Å². The van der Waals surface area contributed by atoms with E-state index >= 15 is 0 Å². The normalized spacial score (nSPS) is 10.9. The summed E-state index contributed by atoms with van der Waals surface area (Å²) < 4.78 is 0. The molecule has 0 aromatic heterocycles. The lowest BCUT2D eigenvalue weighted by Gasteiger charge is -2.06. The number of nitrogens with one attached hydrogen (secondary N) is 1. The van der Waals surface area contributed by atoms with Gasteiger partial charge in [-0.15, -0.1) is 5.75 Å². The van der Waals surface area contributed by atoms with Gasteiger partial charge in [0, 0.05) is 6.07 Å². The number of hydrazone groups is 1. The zero-order valence-corrected chi connectivity index (χ0v) is 13.6. The third-order valence-electron chi connectivity index (χ3n) is 3.82. The van der Waals surface area contributed by atoms with E-state index < -0.39 is 4.92 Å². The molecule has 0 saturated heterocycles. The molecule has 0 unspecified atom stereocenters. The Balaban J connectivity index is 1.72. The number of hydrogen-bond donors (Lipinski definition) is 1. The van der Waals surface area contributed by atoms with Crippen LogP contribution in [0.2, 0.25) is 0 Å². The highest BCUT2D eigenvalue weighted by atomic mass is 16.6. The van der Waals surface area contributed by atoms with Crippen molar-refractivity contribution in [3.8, 4) is 5.75 Å². The van der Waals surface area contributed by atoms with Crippen molar-refractivity contribution in [2.45, 2.75) is 6.42 Å². The quantitative estimate of drug-likeness (QED) is 0.434. The molecule has 0 aliphatic rings. The van der Waals surface area contributed by atoms with Crippen LogP contribution in [0.25, 0.3) is 10.8 Å². The summed E-state index contributed by atoms with van der Waals surface area (Å²) in [6, 6.07) is 16.7. The monoisotopic (exact) mass is 348 g/mol. The maximum atomic E-state index is 12.1. The summed E-state index contributed by atoms with van der Waals surface area (Å²) in [5, 5.41) is 28.0. The molecule has 0 spiro atoms. The standard InChI is InChI=1S/C19H15N3O4/c23-16-8-9-18(22(25)26)15(10-16)12-20-21-19(24)11-14-6-3-5-13-4-1-2-7-17(13)14/h1-10,12,23H,11H2,(H,21,24)/p-1. The summed E-state index contributed by atoms with van der Waals surface area (Å²) in [6.07, 6.45) is 1.21. The fourth-order valence-electron chi connectivity index (χ4n) is 2.64. The van der Waals surface area contributed by atoms with Crippen molar-refractivity contribution < 1.29 is 14.8 Å². The molecule has 130 valence electrons. The van der Waals surface area contributed by atoms with E-state index in [1.54, 1.807) is 0 Å². The van der Waals surface area contributed by atoms with E-state index in [2.05, 4.69) is 10.5 Å². The van der Waals surface area contributed by atoms with Gasteiger partial charge in [-0.25, -0.2) is 5.43 Å². The highest BCUT2D eigenvalue weighted by Gasteiger charge is 2.11. The molecule has 0 aliphatic heterocycles. The second-order valence-corrected chi connectivity index (χ2v) is 5.59. The van der Waals surface area contributed by atoms with Crippen LogP contribution in [0, 0.1) is 10.1 Å². The molecule has 0 fully saturated rings. The maximum absolute atomic E-state index is 12.1. The summed E-state index contributed by atoms with van der Waals surface area (Å²) >= 11 is 0. The molecule has 3 rings (SSSR count). The van der Waals surface area contributed by atoms with Gasteiger partial charge in [0.25, 0.3) is 5.69 Å². The number of rotatable bonds is 5. The molecule has 0 bridgehead atoms. The van der Waals surface area contributed by atoms with Crippen molar-refractivity contribution in [2.24, 2.45) is 5.10 Å². The SMILES string of the molecule is O=C(Cc1cccc2ccccc12)NN=Cc1cc([O-])ccc1[N+](=O)[O-]. The van der Waals surface area contributed by atoms with E-state index in [-0.39, 0.29) is 29.3 Å². The molecule has 1 amide bonds. The summed E-state index contributed by atoms with van der Waals surface area (Å²) in [5.74, 6) is -0.738. The molecule has 0 aliphatic carbocycles. The Hall–Kier alpha value is -3.74. The van der Waals surface area contributed by atoms with Crippen LogP contribution in [0.15, 0.2) is 65.8 Å². The Bertz CT molecular complexity index is 1010. The zero-order valence-electron chi connectivity index (χ0n) is 13.6. The number of nitro groups is 1. The lowest BCUT2D eigenvalue weighted by Crippen LogP contribution is -2.20. The first-order valence-electron chi connectivity index (χ1n) is 7.78. The Morgan fingerprint density at radius 1 is 1.12 bits per heavy atom. The van der Waals surface area contributed by atoms with E-state index in [4.69, 9.17) is 0 Å². The molecular weight excluding hydrogens is 334 g/mol. The fraction of sp³-hybridized carbons (Fsp3) is 0.0526. The molecule has 1 N–H and O–H groups in total. The van der Waals surface area contributed by atoms with E-state index in [9.17, 15) is 20.0 Å². The van der Waals surface area contributed by atoms with Gasteiger partial charge >= 0.3 is 0 Å². The van der Waals surface area contributed by atoms with Crippen LogP contribution in [0.3, 0.4) is 0 Å². The molecule has 0 radical (unpaired) electrons. The molecular formula is C19H14N3O4-. The Morgan fingerprint density at radius 2 is 1.88 bits per heavy atom. The van der Waals surface area contributed by atoms with Crippen molar-refractivity contribution in [3.05, 3.63) is 81.9 Å². The third-order valence-corrected chi connectivity index (χ3v) is 3.82. The van der Waals surface area contributed by atoms with Gasteiger partial charge in [0.15, 0.2) is 0 Å². The number of nitrogens with zero attached hydrogens (tertiary/aromatic N) is 2. The minimum atomic E-state index is -0.612. The molecule has 7 heteroatoms. The summed E-state index contributed by atoms with van der Waals surface area (Å²) in [5.41, 5.74) is 2.97. The first kappa shape index (κ1) is 17.1. The summed E-state index contributed by atoms with van der Waals surface area (Å²) in [6.45, 7) is 0. The lowest BCUT2D eigenvalue weighted by molar-refractivity contribution is -0.385. The number of carbonyl (C=O) groups excluding carboxylic acids is 1. The van der Waals surface area contributed by atoms with Gasteiger partial charge in [0.05, 0.1) is 23.1 Å². The van der Waals surface area contributed by atoms with Crippen molar-refractivity contribution in [3.63, 3.8) is 0 Å². The minimum absolute atomic E-state index is 0.0351. The van der Waals surface area contributed by atoms with Gasteiger partial charge in [-0.2, -0.15) is 5.10 Å². The van der Waals surface area contributed by atoms with Gasteiger partial charge in [-0.05, 0) is 16.3 Å². The smallest absolute Gasteiger partial charge is 0.278 e. The van der Waals surface area contributed by atoms with Gasteiger partial charge in [-0.1, -0.05) is 54.6 Å². The number of benzene rings is 3. The Morgan fingerprint density at radius 3 is 2.69 bits per heavy atom. The summed E-state index contributed by atoms with van der Waals surface area (Å²) in [4.78, 5) is 22.4. The lowest BCUT2D eigenvalue weighted by atomic mass is 10.0. The van der Waals surface area contributed by atoms with Gasteiger partial charge < -0.3 is 5.11 Å². The van der Waals surface area contributed by atoms with Crippen LogP contribution in [0.1, 0.15) is 11.1 Å². The van der Waals surface area contributed by atoms with Crippen molar-refractivity contribution >= 4 is 28.6 Å². The van der Waals surface area contributed by atoms with Crippen LogP contribution in [0.5, 0.6) is 5.75 Å². The topological polar surface area (TPSA) is 108 Å². The molecule has 3 aromatic carbocycles. The minimum Gasteiger partial charge on any atom is -0.872 e. The first-order valence-corrected chi connectivity index (χ1v) is 7.78. The van der Waals surface area contributed by atoms with E-state index in [1.807, 2.05) is 42.5 Å². The molecule has 26 heavy (non-hydrogen) atoms. The second-order valence-electron chi connectivity index (χ2n) is 5.59. The van der Waals surface area contributed by atoms with Crippen molar-refractivity contribution in [1.82, 2.24) is 5.43 Å². The van der Waals surface area contributed by atoms with Crippen LogP contribution in [-0.4, -0.2) is 17.0 Å². The largest absolute Gasteiger partial charge is 0.872 e. The Kier molecular flexibility index (Phi) is 4.89. The van der Waals surface area contributed by atoms with Crippen molar-refractivity contribution in [1.29, 1.82) is 0 Å². The number of hydrogen-bond acceptors (Lipinski definition) is 5. The predicted molar refractivity (Wildman–Crippen MR) is 95.9 cm³/mol. The van der Waals surface area contributed by atoms with E-state index in [0.717, 1.165) is 40.7 Å². The average Bonchev–Trinajstić information content (AvgIpc) is 2.62. The van der Waals surface area contributed by atoms with E-state index in [1.165, 1.54) is 0 Å². The first-order chi connectivity index (χ1) is 12.5. The van der Waals surface area contributed by atoms with Crippen LogP contribution in [-0.2, 0) is 11.2 Å². The Labute approximate surface area is 148 Å². The number of amides is 1. The van der Waals surface area contributed by atoms with Crippen molar-refractivity contribution in [2.75, 3.05) is 0 Å². The van der Waals surface area contributed by atoms with Crippen LogP contribution >= 0.6 is 0 Å². The average molecular weight is 348 g/mol. The second kappa shape index (κ2) is 7.43. The number of carbonyl (C=O) groups is 1. The summed E-state index contributed by atoms with van der Waals surface area (Å²) in [7, 11) is 0. The van der Waals surface area contributed by atoms with Gasteiger partial charge in [0.1, 0.15) is 0 Å². The highest BCUT2D eigenvalue weighted by Crippen LogP contribution is 2.20. The predicted octanol–water partition coefficient (Wildman–Crippen LogP) is 2.51. The third kappa shape index (κ3) is 3.84. The molecule has 3 aromatic rings. The van der Waals surface area contributed by atoms with E-state index in [0.29, 0.717) is 0 Å². The molecule has 0 heterocycles. The maximum Gasteiger partial charge on any atom is 0.278 e. The molecule has 0 atom stereocenters. The van der Waals surface area contributed by atoms with Gasteiger partial charge in [0.2, 0.25) is 5.91 Å². The molecule has 0 saturated carbocycles. The fourth-order valence-corrected chi connectivity index (χ4v) is 2.64. The number of nitro benzene ring substituents is 1. The highest BCUT2D eigenvalue weighted by molar-refractivity contribution is 5.91. The number of fused-ring (bicyclic) bond motifs is 1. The zero-order chi connectivity index (χ0) is 18.5.